The molecule has 0 aromatic heterocycles. The Bertz CT molecular complexity index is 360. The number of nitrogens with one attached hydrogen (secondary N) is 2. The molecule has 1 rings (SSSR count). The predicted molar refractivity (Wildman–Crippen MR) is 113 cm³/mol. The van der Waals surface area contributed by atoms with Crippen molar-refractivity contribution in [1.29, 1.82) is 0 Å². The maximum atomic E-state index is 9.46. The SMILES string of the molecule is CCNC(=NCC1(CCO)CCCCC1)NCCCCCCCN(C)C. The second-order valence-electron chi connectivity index (χ2n) is 8.23. The van der Waals surface area contributed by atoms with Crippen LogP contribution >= 0.6 is 0 Å². The van der Waals surface area contributed by atoms with Crippen LogP contribution in [0.25, 0.3) is 0 Å². The van der Waals surface area contributed by atoms with Gasteiger partial charge in [-0.15, -0.1) is 0 Å². The molecular formula is C21H44N4O. The topological polar surface area (TPSA) is 59.9 Å². The first-order valence-corrected chi connectivity index (χ1v) is 10.9. The first-order chi connectivity index (χ1) is 12.6. The molecule has 26 heavy (non-hydrogen) atoms. The molecule has 0 heterocycles. The molecule has 0 aliphatic heterocycles. The highest BCUT2D eigenvalue weighted by molar-refractivity contribution is 5.79. The predicted octanol–water partition coefficient (Wildman–Crippen LogP) is 3.39. The van der Waals surface area contributed by atoms with Gasteiger partial charge in [-0.3, -0.25) is 4.99 Å². The van der Waals surface area contributed by atoms with Crippen LogP contribution in [0.4, 0.5) is 0 Å². The summed E-state index contributed by atoms with van der Waals surface area (Å²) in [4.78, 5) is 7.13. The third kappa shape index (κ3) is 10.4. The maximum Gasteiger partial charge on any atom is 0.191 e. The second-order valence-corrected chi connectivity index (χ2v) is 8.23. The molecule has 154 valence electrons. The molecule has 1 fully saturated rings. The zero-order valence-electron chi connectivity index (χ0n) is 17.7. The summed E-state index contributed by atoms with van der Waals surface area (Å²) < 4.78 is 0. The van der Waals surface area contributed by atoms with Crippen LogP contribution in [-0.4, -0.2) is 62.8 Å². The highest BCUT2D eigenvalue weighted by Gasteiger charge is 2.31. The molecule has 0 radical (unpaired) electrons. The van der Waals surface area contributed by atoms with Gasteiger partial charge in [-0.25, -0.2) is 0 Å². The molecule has 5 nitrogen and oxygen atoms in total. The van der Waals surface area contributed by atoms with Gasteiger partial charge in [0.2, 0.25) is 0 Å². The van der Waals surface area contributed by atoms with Crippen LogP contribution in [0.15, 0.2) is 4.99 Å². The Morgan fingerprint density at radius 2 is 1.69 bits per heavy atom. The van der Waals surface area contributed by atoms with Gasteiger partial charge < -0.3 is 20.6 Å². The van der Waals surface area contributed by atoms with E-state index in [4.69, 9.17) is 4.99 Å². The molecule has 0 unspecified atom stereocenters. The van der Waals surface area contributed by atoms with Crippen molar-refractivity contribution in [2.75, 3.05) is 46.9 Å². The molecule has 0 aromatic rings. The third-order valence-electron chi connectivity index (χ3n) is 5.55. The summed E-state index contributed by atoms with van der Waals surface area (Å²) in [6, 6.07) is 0. The number of unbranched alkanes of at least 4 members (excludes halogenated alkanes) is 4. The van der Waals surface area contributed by atoms with Crippen molar-refractivity contribution in [2.45, 2.75) is 77.6 Å². The van der Waals surface area contributed by atoms with Crippen molar-refractivity contribution in [1.82, 2.24) is 15.5 Å². The van der Waals surface area contributed by atoms with Crippen molar-refractivity contribution in [3.8, 4) is 0 Å². The zero-order valence-corrected chi connectivity index (χ0v) is 17.7. The number of aliphatic hydroxyl groups excluding tert-OH is 1. The molecule has 0 aromatic carbocycles. The Hall–Kier alpha value is -0.810. The summed E-state index contributed by atoms with van der Waals surface area (Å²) in [5.74, 6) is 0.947. The number of hydrogen-bond acceptors (Lipinski definition) is 3. The van der Waals surface area contributed by atoms with Gasteiger partial charge >= 0.3 is 0 Å². The Morgan fingerprint density at radius 3 is 2.35 bits per heavy atom. The van der Waals surface area contributed by atoms with Crippen LogP contribution in [0.2, 0.25) is 0 Å². The summed E-state index contributed by atoms with van der Waals surface area (Å²) in [6.45, 7) is 6.33. The molecule has 1 aliphatic rings. The van der Waals surface area contributed by atoms with E-state index in [2.05, 4.69) is 36.6 Å². The molecule has 0 bridgehead atoms. The van der Waals surface area contributed by atoms with Crippen LogP contribution in [-0.2, 0) is 0 Å². The lowest BCUT2D eigenvalue weighted by atomic mass is 9.72. The summed E-state index contributed by atoms with van der Waals surface area (Å²) in [6.07, 6.45) is 13.7. The van der Waals surface area contributed by atoms with Gasteiger partial charge in [-0.2, -0.15) is 0 Å². The Balaban J connectivity index is 2.29. The summed E-state index contributed by atoms with van der Waals surface area (Å²) in [5.41, 5.74) is 0.224. The second kappa shape index (κ2) is 14.3. The molecule has 0 spiro atoms. The molecule has 3 N–H and O–H groups in total. The number of hydrogen-bond donors (Lipinski definition) is 3. The first kappa shape index (κ1) is 23.2. The molecule has 1 saturated carbocycles. The van der Waals surface area contributed by atoms with E-state index in [1.165, 1.54) is 70.8 Å². The lowest BCUT2D eigenvalue weighted by molar-refractivity contribution is 0.137. The fourth-order valence-electron chi connectivity index (χ4n) is 3.90. The molecule has 1 aliphatic carbocycles. The van der Waals surface area contributed by atoms with Gasteiger partial charge in [-0.05, 0) is 65.1 Å². The van der Waals surface area contributed by atoms with Crippen LogP contribution in [0.3, 0.4) is 0 Å². The van der Waals surface area contributed by atoms with E-state index in [0.717, 1.165) is 32.0 Å². The van der Waals surface area contributed by atoms with Gasteiger partial charge in [-0.1, -0.05) is 38.5 Å². The number of aliphatic imine (C=N–C) groups is 1. The number of nitrogens with zero attached hydrogens (tertiary/aromatic N) is 2. The molecule has 5 heteroatoms. The molecular weight excluding hydrogens is 324 g/mol. The maximum absolute atomic E-state index is 9.46. The van der Waals surface area contributed by atoms with Gasteiger partial charge in [0.25, 0.3) is 0 Å². The highest BCUT2D eigenvalue weighted by Crippen LogP contribution is 2.39. The minimum Gasteiger partial charge on any atom is -0.396 e. The summed E-state index contributed by atoms with van der Waals surface area (Å²) in [5, 5.41) is 16.3. The van der Waals surface area contributed by atoms with E-state index in [1.807, 2.05) is 0 Å². The fourth-order valence-corrected chi connectivity index (χ4v) is 3.90. The van der Waals surface area contributed by atoms with Crippen molar-refractivity contribution >= 4 is 5.96 Å². The smallest absolute Gasteiger partial charge is 0.191 e. The fraction of sp³-hybridized carbons (Fsp3) is 0.952. The average molecular weight is 369 g/mol. The summed E-state index contributed by atoms with van der Waals surface area (Å²) in [7, 11) is 4.28. The number of guanidine groups is 1. The van der Waals surface area contributed by atoms with E-state index in [-0.39, 0.29) is 12.0 Å². The van der Waals surface area contributed by atoms with Gasteiger partial charge in [0, 0.05) is 26.2 Å². The summed E-state index contributed by atoms with van der Waals surface area (Å²) >= 11 is 0. The quantitative estimate of drug-likeness (QED) is 0.265. The van der Waals surface area contributed by atoms with E-state index in [0.29, 0.717) is 0 Å². The van der Waals surface area contributed by atoms with Gasteiger partial charge in [0.15, 0.2) is 5.96 Å². The van der Waals surface area contributed by atoms with Gasteiger partial charge in [0.1, 0.15) is 0 Å². The van der Waals surface area contributed by atoms with Crippen LogP contribution in [0.1, 0.15) is 77.6 Å². The van der Waals surface area contributed by atoms with E-state index < -0.39 is 0 Å². The van der Waals surface area contributed by atoms with Gasteiger partial charge in [0.05, 0.1) is 0 Å². The van der Waals surface area contributed by atoms with Crippen molar-refractivity contribution < 1.29 is 5.11 Å². The molecule has 0 saturated heterocycles. The minimum atomic E-state index is 0.224. The van der Waals surface area contributed by atoms with Crippen LogP contribution in [0.5, 0.6) is 0 Å². The standard InChI is InChI=1S/C21H44N4O/c1-4-22-20(23-16-11-6-5-7-12-17-25(2)3)24-19-21(15-18-26)13-9-8-10-14-21/h26H,4-19H2,1-3H3,(H2,22,23,24). The largest absolute Gasteiger partial charge is 0.396 e. The zero-order chi connectivity index (χ0) is 19.1. The Labute approximate surface area is 162 Å². The first-order valence-electron chi connectivity index (χ1n) is 10.9. The highest BCUT2D eigenvalue weighted by atomic mass is 16.3. The Morgan fingerprint density at radius 1 is 1.00 bits per heavy atom. The molecule has 0 atom stereocenters. The van der Waals surface area contributed by atoms with E-state index in [1.54, 1.807) is 0 Å². The monoisotopic (exact) mass is 368 g/mol. The number of aliphatic hydroxyl groups is 1. The normalized spacial score (nSPS) is 17.5. The Kier molecular flexibility index (Phi) is 12.8. The number of rotatable bonds is 13. The minimum absolute atomic E-state index is 0.224. The van der Waals surface area contributed by atoms with Crippen molar-refractivity contribution in [2.24, 2.45) is 10.4 Å². The average Bonchev–Trinajstić information content (AvgIpc) is 2.62. The van der Waals surface area contributed by atoms with Crippen molar-refractivity contribution in [3.63, 3.8) is 0 Å². The van der Waals surface area contributed by atoms with Crippen LogP contribution < -0.4 is 10.6 Å². The van der Waals surface area contributed by atoms with E-state index >= 15 is 0 Å². The van der Waals surface area contributed by atoms with Crippen molar-refractivity contribution in [3.05, 3.63) is 0 Å². The lowest BCUT2D eigenvalue weighted by Gasteiger charge is -2.35. The third-order valence-corrected chi connectivity index (χ3v) is 5.55. The lowest BCUT2D eigenvalue weighted by Crippen LogP contribution is -2.39. The van der Waals surface area contributed by atoms with E-state index in [9.17, 15) is 5.11 Å². The van der Waals surface area contributed by atoms with Crippen LogP contribution in [0, 0.1) is 5.41 Å². The molecule has 0 amide bonds.